The summed E-state index contributed by atoms with van der Waals surface area (Å²) < 4.78 is 0.512. The number of aromatic hydroxyl groups is 1. The van der Waals surface area contributed by atoms with E-state index in [4.69, 9.17) is 5.26 Å². The predicted octanol–water partition coefficient (Wildman–Crippen LogP) is 2.88. The summed E-state index contributed by atoms with van der Waals surface area (Å²) >= 11 is 3.25. The van der Waals surface area contributed by atoms with Crippen LogP contribution in [-0.2, 0) is 11.2 Å². The lowest BCUT2D eigenvalue weighted by molar-refractivity contribution is -0.124. The lowest BCUT2D eigenvalue weighted by Crippen LogP contribution is -2.22. The topological polar surface area (TPSA) is 64.3 Å². The molecule has 0 radical (unpaired) electrons. The molecule has 0 heterocycles. The van der Waals surface area contributed by atoms with Gasteiger partial charge in [0, 0.05) is 14.1 Å². The van der Waals surface area contributed by atoms with Gasteiger partial charge in [0.1, 0.15) is 17.4 Å². The van der Waals surface area contributed by atoms with Crippen LogP contribution in [0.25, 0.3) is 6.08 Å². The second kappa shape index (κ2) is 6.92. The molecule has 0 spiro atoms. The third-order valence-corrected chi connectivity index (χ3v) is 3.20. The van der Waals surface area contributed by atoms with Gasteiger partial charge in [-0.15, -0.1) is 6.58 Å². The van der Waals surface area contributed by atoms with Gasteiger partial charge in [-0.1, -0.05) is 6.08 Å². The summed E-state index contributed by atoms with van der Waals surface area (Å²) in [7, 11) is 3.17. The van der Waals surface area contributed by atoms with E-state index < -0.39 is 0 Å². The van der Waals surface area contributed by atoms with Crippen LogP contribution in [0.3, 0.4) is 0 Å². The number of likely N-dealkylation sites (N-methyl/N-ethyl adjacent to an activating group) is 1. The fourth-order valence-electron chi connectivity index (χ4n) is 1.62. The molecule has 1 rings (SSSR count). The third kappa shape index (κ3) is 3.72. The van der Waals surface area contributed by atoms with E-state index >= 15 is 0 Å². The van der Waals surface area contributed by atoms with Crippen molar-refractivity contribution in [2.75, 3.05) is 14.1 Å². The van der Waals surface area contributed by atoms with E-state index in [2.05, 4.69) is 22.5 Å². The molecule has 0 saturated heterocycles. The van der Waals surface area contributed by atoms with Gasteiger partial charge in [-0.3, -0.25) is 4.79 Å². The van der Waals surface area contributed by atoms with Crippen molar-refractivity contribution in [1.29, 1.82) is 5.26 Å². The monoisotopic (exact) mass is 334 g/mol. The Balaban J connectivity index is 3.30. The maximum absolute atomic E-state index is 11.8. The van der Waals surface area contributed by atoms with E-state index in [1.165, 1.54) is 11.0 Å². The lowest BCUT2D eigenvalue weighted by Gasteiger charge is -2.10. The fraction of sp³-hybridized carbons (Fsp3) is 0.200. The maximum atomic E-state index is 11.8. The Bertz CT molecular complexity index is 613. The number of allylic oxidation sites excluding steroid dienone is 1. The molecule has 1 aromatic rings. The third-order valence-electron chi connectivity index (χ3n) is 2.60. The highest BCUT2D eigenvalue weighted by molar-refractivity contribution is 9.10. The van der Waals surface area contributed by atoms with Gasteiger partial charge in [-0.2, -0.15) is 5.26 Å². The first-order valence-corrected chi connectivity index (χ1v) is 6.65. The van der Waals surface area contributed by atoms with Gasteiger partial charge in [0.05, 0.1) is 4.47 Å². The molecule has 0 bridgehead atoms. The molecule has 1 N–H and O–H groups in total. The summed E-state index contributed by atoms with van der Waals surface area (Å²) in [4.78, 5) is 13.1. The Labute approximate surface area is 126 Å². The highest BCUT2D eigenvalue weighted by Crippen LogP contribution is 2.30. The van der Waals surface area contributed by atoms with Crippen molar-refractivity contribution in [2.24, 2.45) is 0 Å². The van der Waals surface area contributed by atoms with Crippen molar-refractivity contribution in [3.63, 3.8) is 0 Å². The molecule has 0 saturated carbocycles. The minimum absolute atomic E-state index is 0.0390. The summed E-state index contributed by atoms with van der Waals surface area (Å²) in [6.07, 6.45) is 3.67. The highest BCUT2D eigenvalue weighted by Gasteiger charge is 2.12. The van der Waals surface area contributed by atoms with Crippen LogP contribution in [0.2, 0.25) is 0 Å². The average Bonchev–Trinajstić information content (AvgIpc) is 2.40. The van der Waals surface area contributed by atoms with Crippen LogP contribution in [0, 0.1) is 11.3 Å². The Hall–Kier alpha value is -2.06. The van der Waals surface area contributed by atoms with Gasteiger partial charge >= 0.3 is 0 Å². The Kier molecular flexibility index (Phi) is 5.53. The molecule has 0 aromatic heterocycles. The minimum atomic E-state index is -0.359. The number of hydrogen-bond donors (Lipinski definition) is 1. The number of carbonyl (C=O) groups excluding carboxylic acids is 1. The number of nitriles is 1. The predicted molar refractivity (Wildman–Crippen MR) is 82.0 cm³/mol. The van der Waals surface area contributed by atoms with Crippen molar-refractivity contribution in [3.8, 4) is 11.8 Å². The Morgan fingerprint density at radius 3 is 2.70 bits per heavy atom. The molecule has 104 valence electrons. The van der Waals surface area contributed by atoms with Crippen LogP contribution in [-0.4, -0.2) is 30.0 Å². The summed E-state index contributed by atoms with van der Waals surface area (Å²) in [5, 5.41) is 18.9. The molecule has 0 atom stereocenters. The first-order chi connectivity index (χ1) is 9.40. The zero-order valence-corrected chi connectivity index (χ0v) is 12.9. The summed E-state index contributed by atoms with van der Waals surface area (Å²) in [5.41, 5.74) is 1.38. The molecule has 5 heteroatoms. The normalized spacial score (nSPS) is 10.8. The second-order valence-electron chi connectivity index (χ2n) is 4.37. The minimum Gasteiger partial charge on any atom is -0.506 e. The number of halogens is 1. The smallest absolute Gasteiger partial charge is 0.264 e. The SMILES string of the molecule is C=CCc1cc(/C=C(/C#N)C(=O)N(C)C)cc(Br)c1O. The molecular weight excluding hydrogens is 320 g/mol. The largest absolute Gasteiger partial charge is 0.506 e. The van der Waals surface area contributed by atoms with E-state index in [9.17, 15) is 9.90 Å². The lowest BCUT2D eigenvalue weighted by atomic mass is 10.0. The zero-order valence-electron chi connectivity index (χ0n) is 11.4. The van der Waals surface area contributed by atoms with Crippen molar-refractivity contribution < 1.29 is 9.90 Å². The van der Waals surface area contributed by atoms with E-state index in [0.717, 1.165) is 0 Å². The summed E-state index contributed by atoms with van der Waals surface area (Å²) in [6, 6.07) is 5.27. The molecule has 1 amide bonds. The standard InChI is InChI=1S/C15H15BrN2O2/c1-4-5-11-6-10(8-13(16)14(11)19)7-12(9-17)15(20)18(2)3/h4,6-8,19H,1,5H2,2-3H3/b12-7-. The van der Waals surface area contributed by atoms with Crippen LogP contribution in [0.4, 0.5) is 0 Å². The van der Waals surface area contributed by atoms with Crippen molar-refractivity contribution in [2.45, 2.75) is 6.42 Å². The van der Waals surface area contributed by atoms with Gasteiger partial charge in [0.2, 0.25) is 0 Å². The van der Waals surface area contributed by atoms with E-state index in [1.807, 2.05) is 6.07 Å². The van der Waals surface area contributed by atoms with Crippen LogP contribution in [0.5, 0.6) is 5.75 Å². The number of phenolic OH excluding ortho intramolecular Hbond substituents is 1. The molecule has 0 unspecified atom stereocenters. The Morgan fingerprint density at radius 2 is 2.20 bits per heavy atom. The molecule has 20 heavy (non-hydrogen) atoms. The summed E-state index contributed by atoms with van der Waals surface area (Å²) in [5.74, 6) is -0.221. The van der Waals surface area contributed by atoms with Crippen LogP contribution >= 0.6 is 15.9 Å². The molecule has 4 nitrogen and oxygen atoms in total. The van der Waals surface area contributed by atoms with E-state index in [0.29, 0.717) is 22.0 Å². The number of benzene rings is 1. The number of hydrogen-bond acceptors (Lipinski definition) is 3. The number of amides is 1. The van der Waals surface area contributed by atoms with Crippen molar-refractivity contribution in [1.82, 2.24) is 4.90 Å². The quantitative estimate of drug-likeness (QED) is 0.523. The van der Waals surface area contributed by atoms with Crippen LogP contribution in [0.1, 0.15) is 11.1 Å². The van der Waals surface area contributed by atoms with E-state index in [1.54, 1.807) is 32.3 Å². The van der Waals surface area contributed by atoms with E-state index in [-0.39, 0.29) is 17.2 Å². The second-order valence-corrected chi connectivity index (χ2v) is 5.23. The Morgan fingerprint density at radius 1 is 1.55 bits per heavy atom. The first-order valence-electron chi connectivity index (χ1n) is 5.86. The molecule has 0 aliphatic rings. The molecule has 0 aliphatic carbocycles. The number of nitrogens with zero attached hydrogens (tertiary/aromatic N) is 2. The number of rotatable bonds is 4. The van der Waals surface area contributed by atoms with Crippen molar-refractivity contribution in [3.05, 3.63) is 46.0 Å². The average molecular weight is 335 g/mol. The van der Waals surface area contributed by atoms with Crippen LogP contribution < -0.4 is 0 Å². The van der Waals surface area contributed by atoms with Gasteiger partial charge in [-0.05, 0) is 51.7 Å². The van der Waals surface area contributed by atoms with Gasteiger partial charge in [0.15, 0.2) is 0 Å². The van der Waals surface area contributed by atoms with Gasteiger partial charge in [-0.25, -0.2) is 0 Å². The van der Waals surface area contributed by atoms with Crippen LogP contribution in [0.15, 0.2) is 34.8 Å². The maximum Gasteiger partial charge on any atom is 0.264 e. The molecule has 1 aromatic carbocycles. The zero-order chi connectivity index (χ0) is 15.3. The highest BCUT2D eigenvalue weighted by atomic mass is 79.9. The van der Waals surface area contributed by atoms with Crippen molar-refractivity contribution >= 4 is 27.9 Å². The fourth-order valence-corrected chi connectivity index (χ4v) is 2.14. The summed E-state index contributed by atoms with van der Waals surface area (Å²) in [6.45, 7) is 3.63. The molecule has 0 aliphatic heterocycles. The molecular formula is C15H15BrN2O2. The van der Waals surface area contributed by atoms with Gasteiger partial charge in [0.25, 0.3) is 5.91 Å². The number of phenols is 1. The molecule has 0 fully saturated rings. The number of carbonyl (C=O) groups is 1. The van der Waals surface area contributed by atoms with Gasteiger partial charge < -0.3 is 10.0 Å². The first kappa shape index (κ1) is 16.0.